The lowest BCUT2D eigenvalue weighted by Gasteiger charge is -2.02. The second-order valence-electron chi connectivity index (χ2n) is 5.05. The Morgan fingerprint density at radius 3 is 2.88 bits per heavy atom. The van der Waals surface area contributed by atoms with E-state index in [-0.39, 0.29) is 17.2 Å². The summed E-state index contributed by atoms with van der Waals surface area (Å²) in [5.41, 5.74) is 0.291. The van der Waals surface area contributed by atoms with Gasteiger partial charge in [0.1, 0.15) is 11.9 Å². The third-order valence-electron chi connectivity index (χ3n) is 3.29. The van der Waals surface area contributed by atoms with Crippen LogP contribution in [0.3, 0.4) is 0 Å². The second kappa shape index (κ2) is 6.99. The zero-order chi connectivity index (χ0) is 18.0. The van der Waals surface area contributed by atoms with Crippen molar-refractivity contribution in [3.05, 3.63) is 66.8 Å². The van der Waals surface area contributed by atoms with Crippen LogP contribution in [0.25, 0.3) is 0 Å². The number of aromatic nitrogens is 4. The molecule has 0 amide bonds. The highest BCUT2D eigenvalue weighted by atomic mass is 35.5. The van der Waals surface area contributed by atoms with E-state index in [1.807, 2.05) is 18.2 Å². The molecule has 0 saturated carbocycles. The molecule has 2 aromatic heterocycles. The lowest BCUT2D eigenvalue weighted by molar-refractivity contribution is 0.487. The van der Waals surface area contributed by atoms with Crippen molar-refractivity contribution in [3.8, 4) is 5.06 Å². The van der Waals surface area contributed by atoms with Crippen LogP contribution < -0.4 is 10.4 Å². The van der Waals surface area contributed by atoms with Gasteiger partial charge in [0, 0.05) is 5.02 Å². The quantitative estimate of drug-likeness (QED) is 0.674. The maximum absolute atomic E-state index is 11.8. The van der Waals surface area contributed by atoms with Crippen LogP contribution in [0, 0.1) is 0 Å². The minimum atomic E-state index is -0.710. The van der Waals surface area contributed by atoms with Gasteiger partial charge in [-0.25, -0.2) is 9.67 Å². The number of aromatic hydroxyl groups is 1. The van der Waals surface area contributed by atoms with Gasteiger partial charge >= 0.3 is 4.87 Å². The minimum absolute atomic E-state index is 0.0768. The molecule has 0 aliphatic carbocycles. The number of rotatable bonds is 4. The molecular formula is C15H12ClN5O3S. The highest BCUT2D eigenvalue weighted by Crippen LogP contribution is 2.18. The molecular weight excluding hydrogens is 366 g/mol. The predicted molar refractivity (Wildman–Crippen MR) is 95.3 cm³/mol. The van der Waals surface area contributed by atoms with E-state index in [4.69, 9.17) is 11.6 Å². The Morgan fingerprint density at radius 1 is 1.40 bits per heavy atom. The lowest BCUT2D eigenvalue weighted by atomic mass is 10.2. The van der Waals surface area contributed by atoms with E-state index in [1.54, 1.807) is 10.7 Å². The SMILES string of the molecule is CC(=Nc1ncn(Cc2ccccc2Cl)n1)c1c(O)sc(=O)[nH]c1=O. The molecule has 0 aliphatic rings. The monoisotopic (exact) mass is 377 g/mol. The van der Waals surface area contributed by atoms with Crippen molar-refractivity contribution < 1.29 is 5.11 Å². The number of aromatic amines is 1. The van der Waals surface area contributed by atoms with Gasteiger partial charge in [0.25, 0.3) is 11.5 Å². The van der Waals surface area contributed by atoms with Crippen LogP contribution >= 0.6 is 22.9 Å². The van der Waals surface area contributed by atoms with Crippen molar-refractivity contribution in [3.63, 3.8) is 0 Å². The van der Waals surface area contributed by atoms with Crippen molar-refractivity contribution >= 4 is 34.6 Å². The molecule has 2 heterocycles. The zero-order valence-corrected chi connectivity index (χ0v) is 14.5. The summed E-state index contributed by atoms with van der Waals surface area (Å²) in [6.45, 7) is 1.94. The standard InChI is InChI=1S/C15H12ClN5O3S/c1-8(11-12(22)19-15(24)25-13(11)23)18-14-17-7-21(20-14)6-9-4-2-3-5-10(9)16/h2-5,7,23H,6H2,1H3,(H,19,22,24). The molecule has 0 unspecified atom stereocenters. The van der Waals surface area contributed by atoms with E-state index in [0.29, 0.717) is 22.9 Å². The average molecular weight is 378 g/mol. The predicted octanol–water partition coefficient (Wildman–Crippen LogP) is 1.94. The Bertz CT molecular complexity index is 1070. The molecule has 8 nitrogen and oxygen atoms in total. The summed E-state index contributed by atoms with van der Waals surface area (Å²) < 4.78 is 1.56. The molecule has 3 aromatic rings. The molecule has 0 bridgehead atoms. The molecule has 25 heavy (non-hydrogen) atoms. The smallest absolute Gasteiger partial charge is 0.310 e. The fourth-order valence-electron chi connectivity index (χ4n) is 2.16. The molecule has 0 saturated heterocycles. The number of benzene rings is 1. The topological polar surface area (TPSA) is 113 Å². The van der Waals surface area contributed by atoms with Crippen LogP contribution in [-0.4, -0.2) is 30.6 Å². The summed E-state index contributed by atoms with van der Waals surface area (Å²) in [6.07, 6.45) is 1.49. The van der Waals surface area contributed by atoms with E-state index in [0.717, 1.165) is 5.56 Å². The Kier molecular flexibility index (Phi) is 4.77. The van der Waals surface area contributed by atoms with Gasteiger partial charge in [-0.15, -0.1) is 5.10 Å². The number of halogens is 1. The van der Waals surface area contributed by atoms with Gasteiger partial charge < -0.3 is 5.11 Å². The number of aliphatic imine (C=N–C) groups is 1. The van der Waals surface area contributed by atoms with Crippen molar-refractivity contribution in [2.45, 2.75) is 13.5 Å². The number of nitrogens with one attached hydrogen (secondary N) is 1. The van der Waals surface area contributed by atoms with Gasteiger partial charge in [0.2, 0.25) is 0 Å². The third kappa shape index (κ3) is 3.83. The van der Waals surface area contributed by atoms with Crippen LogP contribution in [0.1, 0.15) is 18.1 Å². The molecule has 2 N–H and O–H groups in total. The first-order valence-electron chi connectivity index (χ1n) is 7.09. The van der Waals surface area contributed by atoms with E-state index >= 15 is 0 Å². The number of hydrogen-bond acceptors (Lipinski definition) is 7. The first-order chi connectivity index (χ1) is 11.9. The van der Waals surface area contributed by atoms with Crippen LogP contribution in [-0.2, 0) is 6.54 Å². The maximum atomic E-state index is 11.8. The summed E-state index contributed by atoms with van der Waals surface area (Å²) in [7, 11) is 0. The highest BCUT2D eigenvalue weighted by Gasteiger charge is 2.13. The Hall–Kier alpha value is -2.78. The number of hydrogen-bond donors (Lipinski definition) is 2. The highest BCUT2D eigenvalue weighted by molar-refractivity contribution is 7.11. The van der Waals surface area contributed by atoms with Gasteiger partial charge in [-0.05, 0) is 29.9 Å². The molecule has 128 valence electrons. The fraction of sp³-hybridized carbons (Fsp3) is 0.133. The summed E-state index contributed by atoms with van der Waals surface area (Å²) >= 11 is 6.64. The van der Waals surface area contributed by atoms with Crippen molar-refractivity contribution in [1.82, 2.24) is 19.7 Å². The van der Waals surface area contributed by atoms with Crippen LogP contribution in [0.5, 0.6) is 5.06 Å². The second-order valence-corrected chi connectivity index (χ2v) is 6.42. The minimum Gasteiger partial charge on any atom is -0.499 e. The van der Waals surface area contributed by atoms with Gasteiger partial charge in [-0.3, -0.25) is 14.6 Å². The van der Waals surface area contributed by atoms with Crippen LogP contribution in [0.2, 0.25) is 5.02 Å². The summed E-state index contributed by atoms with van der Waals surface area (Å²) in [5.74, 6) is 0.125. The Morgan fingerprint density at radius 2 is 2.16 bits per heavy atom. The molecule has 1 aromatic carbocycles. The van der Waals surface area contributed by atoms with Gasteiger partial charge in [-0.2, -0.15) is 4.98 Å². The van der Waals surface area contributed by atoms with Gasteiger partial charge in [0.15, 0.2) is 5.06 Å². The third-order valence-corrected chi connectivity index (χ3v) is 4.34. The number of H-pyrrole nitrogens is 1. The molecule has 0 fully saturated rings. The van der Waals surface area contributed by atoms with Gasteiger partial charge in [-0.1, -0.05) is 29.8 Å². The van der Waals surface area contributed by atoms with E-state index < -0.39 is 15.5 Å². The number of nitrogens with zero attached hydrogens (tertiary/aromatic N) is 4. The largest absolute Gasteiger partial charge is 0.499 e. The van der Waals surface area contributed by atoms with E-state index in [1.165, 1.54) is 13.3 Å². The summed E-state index contributed by atoms with van der Waals surface area (Å²) in [5, 5.41) is 14.2. The molecule has 0 spiro atoms. The van der Waals surface area contributed by atoms with Crippen LogP contribution in [0.4, 0.5) is 5.95 Å². The normalized spacial score (nSPS) is 11.7. The molecule has 0 radical (unpaired) electrons. The van der Waals surface area contributed by atoms with E-state index in [2.05, 4.69) is 20.1 Å². The summed E-state index contributed by atoms with van der Waals surface area (Å²) in [6, 6.07) is 7.37. The first kappa shape index (κ1) is 17.1. The molecule has 10 heteroatoms. The molecule has 0 aliphatic heterocycles. The Balaban J connectivity index is 1.88. The van der Waals surface area contributed by atoms with E-state index in [9.17, 15) is 14.7 Å². The molecule has 0 atom stereocenters. The van der Waals surface area contributed by atoms with Gasteiger partial charge in [0.05, 0.1) is 12.3 Å². The zero-order valence-electron chi connectivity index (χ0n) is 12.9. The van der Waals surface area contributed by atoms with Crippen molar-refractivity contribution in [2.24, 2.45) is 4.99 Å². The lowest BCUT2D eigenvalue weighted by Crippen LogP contribution is -2.22. The summed E-state index contributed by atoms with van der Waals surface area (Å²) in [4.78, 5) is 32.6. The maximum Gasteiger partial charge on any atom is 0.310 e. The van der Waals surface area contributed by atoms with Crippen LogP contribution in [0.15, 0.2) is 45.2 Å². The van der Waals surface area contributed by atoms with Crippen molar-refractivity contribution in [1.29, 1.82) is 0 Å². The average Bonchev–Trinajstić information content (AvgIpc) is 2.95. The Labute approximate surface area is 150 Å². The first-order valence-corrected chi connectivity index (χ1v) is 8.28. The fourth-order valence-corrected chi connectivity index (χ4v) is 3.01. The van der Waals surface area contributed by atoms with Crippen molar-refractivity contribution in [2.75, 3.05) is 0 Å². The molecule has 3 rings (SSSR count).